The highest BCUT2D eigenvalue weighted by Gasteiger charge is 2.20. The molecule has 1 amide bonds. The summed E-state index contributed by atoms with van der Waals surface area (Å²) in [6.45, 7) is 4.97. The van der Waals surface area contributed by atoms with Crippen molar-refractivity contribution in [2.24, 2.45) is 0 Å². The Labute approximate surface area is 413 Å². The molecule has 0 saturated carbocycles. The van der Waals surface area contributed by atoms with E-state index in [0.29, 0.717) is 25.9 Å². The zero-order chi connectivity index (χ0) is 47.9. The van der Waals surface area contributed by atoms with Gasteiger partial charge in [-0.1, -0.05) is 309 Å². The predicted molar refractivity (Wildman–Crippen MR) is 287 cm³/mol. The molecule has 0 aromatic heterocycles. The van der Waals surface area contributed by atoms with Gasteiger partial charge in [0.25, 0.3) is 0 Å². The van der Waals surface area contributed by atoms with Gasteiger partial charge in [-0.3, -0.25) is 9.59 Å². The molecule has 0 heterocycles. The maximum Gasteiger partial charge on any atom is 0.305 e. The minimum absolute atomic E-state index is 0.00784. The smallest absolute Gasteiger partial charge is 0.305 e. The molecule has 0 bridgehead atoms. The summed E-state index contributed by atoms with van der Waals surface area (Å²) in [4.78, 5) is 24.6. The number of nitrogens with one attached hydrogen (secondary N) is 1. The highest BCUT2D eigenvalue weighted by Crippen LogP contribution is 2.18. The van der Waals surface area contributed by atoms with E-state index in [9.17, 15) is 19.8 Å². The summed E-state index contributed by atoms with van der Waals surface area (Å²) in [7, 11) is 0. The molecule has 0 aliphatic rings. The van der Waals surface area contributed by atoms with Crippen LogP contribution in [0.25, 0.3) is 0 Å². The summed E-state index contributed by atoms with van der Waals surface area (Å²) in [5.41, 5.74) is 0. The number of amides is 1. The van der Waals surface area contributed by atoms with Crippen LogP contribution in [0.5, 0.6) is 0 Å². The Kier molecular flexibility index (Phi) is 55.5. The van der Waals surface area contributed by atoms with Gasteiger partial charge in [-0.25, -0.2) is 0 Å². The molecule has 0 fully saturated rings. The molecule has 0 spiro atoms. The minimum atomic E-state index is -0.668. The third-order valence-corrected chi connectivity index (χ3v) is 14.4. The first-order chi connectivity index (χ1) is 32.5. The van der Waals surface area contributed by atoms with Gasteiger partial charge in [0, 0.05) is 12.8 Å². The summed E-state index contributed by atoms with van der Waals surface area (Å²) in [5, 5.41) is 23.3. The van der Waals surface area contributed by atoms with E-state index in [4.69, 9.17) is 4.74 Å². The number of aliphatic hydroxyl groups excluding tert-OH is 2. The third-order valence-electron chi connectivity index (χ3n) is 14.4. The highest BCUT2D eigenvalue weighted by atomic mass is 16.5. The van der Waals surface area contributed by atoms with Crippen molar-refractivity contribution in [3.63, 3.8) is 0 Å². The molecule has 6 heteroatoms. The van der Waals surface area contributed by atoms with E-state index in [-0.39, 0.29) is 18.5 Å². The van der Waals surface area contributed by atoms with Crippen molar-refractivity contribution >= 4 is 11.9 Å². The molecule has 0 radical (unpaired) electrons. The molecule has 0 rings (SSSR count). The molecule has 2 atom stereocenters. The lowest BCUT2D eigenvalue weighted by molar-refractivity contribution is -0.143. The predicted octanol–water partition coefficient (Wildman–Crippen LogP) is 18.7. The van der Waals surface area contributed by atoms with Gasteiger partial charge in [0.15, 0.2) is 0 Å². The SMILES string of the molecule is CCCCCCCCCCCCCCCCCCCC(O)C(CO)NC(=O)CCCCCCCCCCCCCCCCCCOC(=O)CCCCCCCCCCCCCCCCCC. The average Bonchev–Trinajstić information content (AvgIpc) is 3.32. The van der Waals surface area contributed by atoms with Crippen molar-refractivity contribution < 1.29 is 24.5 Å². The van der Waals surface area contributed by atoms with E-state index in [2.05, 4.69) is 19.2 Å². The zero-order valence-electron chi connectivity index (χ0n) is 45.0. The molecule has 0 aliphatic carbocycles. The van der Waals surface area contributed by atoms with Crippen LogP contribution in [0.1, 0.15) is 348 Å². The standard InChI is InChI=1S/C60H119NO5/c1-3-5-7-9-11-13-15-17-19-21-24-28-32-36-40-44-48-52-58(63)57(56-62)61-59(64)53-49-45-41-37-33-29-25-22-23-27-31-35-39-43-47-51-55-66-60(65)54-50-46-42-38-34-30-26-20-18-16-14-12-10-8-6-4-2/h57-58,62-63H,3-56H2,1-2H3,(H,61,64). The third kappa shape index (κ3) is 52.2. The van der Waals surface area contributed by atoms with Crippen LogP contribution in [-0.2, 0) is 14.3 Å². The molecule has 3 N–H and O–H groups in total. The van der Waals surface area contributed by atoms with Crippen LogP contribution in [0.2, 0.25) is 0 Å². The van der Waals surface area contributed by atoms with E-state index in [1.165, 1.54) is 276 Å². The highest BCUT2D eigenvalue weighted by molar-refractivity contribution is 5.76. The molecule has 2 unspecified atom stereocenters. The van der Waals surface area contributed by atoms with Gasteiger partial charge in [-0.2, -0.15) is 0 Å². The number of carbonyl (C=O) groups excluding carboxylic acids is 2. The van der Waals surface area contributed by atoms with Crippen LogP contribution in [0.3, 0.4) is 0 Å². The number of ether oxygens (including phenoxy) is 1. The Hall–Kier alpha value is -1.14. The lowest BCUT2D eigenvalue weighted by atomic mass is 10.0. The fourth-order valence-corrected chi connectivity index (χ4v) is 9.76. The van der Waals surface area contributed by atoms with Crippen LogP contribution in [-0.4, -0.2) is 47.4 Å². The second kappa shape index (κ2) is 56.4. The fraction of sp³-hybridized carbons (Fsp3) is 0.967. The maximum absolute atomic E-state index is 12.5. The molecular formula is C60H119NO5. The van der Waals surface area contributed by atoms with Crippen LogP contribution in [0.15, 0.2) is 0 Å². The van der Waals surface area contributed by atoms with Crippen molar-refractivity contribution in [1.82, 2.24) is 5.32 Å². The topological polar surface area (TPSA) is 95.9 Å². The first kappa shape index (κ1) is 64.9. The monoisotopic (exact) mass is 934 g/mol. The van der Waals surface area contributed by atoms with Crippen LogP contribution >= 0.6 is 0 Å². The maximum atomic E-state index is 12.5. The number of aliphatic hydroxyl groups is 2. The Morgan fingerprint density at radius 2 is 0.621 bits per heavy atom. The van der Waals surface area contributed by atoms with Gasteiger partial charge in [0.1, 0.15) is 0 Å². The normalized spacial score (nSPS) is 12.5. The van der Waals surface area contributed by atoms with Crippen molar-refractivity contribution in [2.45, 2.75) is 360 Å². The molecule has 6 nitrogen and oxygen atoms in total. The summed E-state index contributed by atoms with van der Waals surface area (Å²) in [5.74, 6) is -0.0301. The Bertz CT molecular complexity index is 944. The van der Waals surface area contributed by atoms with Gasteiger partial charge in [-0.05, 0) is 25.7 Å². The molecule has 66 heavy (non-hydrogen) atoms. The second-order valence-electron chi connectivity index (χ2n) is 21.1. The zero-order valence-corrected chi connectivity index (χ0v) is 45.0. The lowest BCUT2D eigenvalue weighted by Gasteiger charge is -2.22. The first-order valence-corrected chi connectivity index (χ1v) is 30.3. The first-order valence-electron chi connectivity index (χ1n) is 30.3. The van der Waals surface area contributed by atoms with Crippen LogP contribution < -0.4 is 5.32 Å². The minimum Gasteiger partial charge on any atom is -0.466 e. The number of esters is 1. The molecular weight excluding hydrogens is 815 g/mol. The largest absolute Gasteiger partial charge is 0.466 e. The van der Waals surface area contributed by atoms with Crippen LogP contribution in [0.4, 0.5) is 0 Å². The van der Waals surface area contributed by atoms with E-state index in [1.807, 2.05) is 0 Å². The number of hydrogen-bond donors (Lipinski definition) is 3. The van der Waals surface area contributed by atoms with E-state index in [1.54, 1.807) is 0 Å². The molecule has 394 valence electrons. The summed E-state index contributed by atoms with van der Waals surface area (Å²) < 4.78 is 5.49. The second-order valence-corrected chi connectivity index (χ2v) is 21.1. The number of rotatable bonds is 57. The number of unbranched alkanes of at least 4 members (excludes halogenated alkanes) is 46. The van der Waals surface area contributed by atoms with E-state index in [0.717, 1.165) is 38.5 Å². The Morgan fingerprint density at radius 3 is 0.924 bits per heavy atom. The fourth-order valence-electron chi connectivity index (χ4n) is 9.76. The van der Waals surface area contributed by atoms with Gasteiger partial charge >= 0.3 is 5.97 Å². The Morgan fingerprint density at radius 1 is 0.364 bits per heavy atom. The quantitative estimate of drug-likeness (QED) is 0.0417. The summed E-state index contributed by atoms with van der Waals surface area (Å²) >= 11 is 0. The van der Waals surface area contributed by atoms with Gasteiger partial charge in [0.05, 0.1) is 25.4 Å². The summed E-state index contributed by atoms with van der Waals surface area (Å²) in [6, 6.07) is -0.545. The number of hydrogen-bond acceptors (Lipinski definition) is 5. The number of carbonyl (C=O) groups is 2. The summed E-state index contributed by atoms with van der Waals surface area (Å²) in [6.07, 6.45) is 65.2. The van der Waals surface area contributed by atoms with Crippen molar-refractivity contribution in [3.8, 4) is 0 Å². The molecule has 0 saturated heterocycles. The van der Waals surface area contributed by atoms with Crippen molar-refractivity contribution in [3.05, 3.63) is 0 Å². The van der Waals surface area contributed by atoms with Gasteiger partial charge < -0.3 is 20.3 Å². The van der Waals surface area contributed by atoms with Gasteiger partial charge in [0.2, 0.25) is 5.91 Å². The molecule has 0 aromatic carbocycles. The lowest BCUT2D eigenvalue weighted by Crippen LogP contribution is -2.45. The Balaban J connectivity index is 3.40. The van der Waals surface area contributed by atoms with Crippen LogP contribution in [0, 0.1) is 0 Å². The van der Waals surface area contributed by atoms with Gasteiger partial charge in [-0.15, -0.1) is 0 Å². The van der Waals surface area contributed by atoms with E-state index < -0.39 is 12.1 Å². The average molecular weight is 935 g/mol. The van der Waals surface area contributed by atoms with Crippen molar-refractivity contribution in [1.29, 1.82) is 0 Å². The molecule has 0 aliphatic heterocycles. The van der Waals surface area contributed by atoms with E-state index >= 15 is 0 Å². The molecule has 0 aromatic rings. The van der Waals surface area contributed by atoms with Crippen molar-refractivity contribution in [2.75, 3.05) is 13.2 Å².